The van der Waals surface area contributed by atoms with Crippen molar-refractivity contribution in [3.63, 3.8) is 0 Å². The second kappa shape index (κ2) is 4.57. The van der Waals surface area contributed by atoms with Gasteiger partial charge in [-0.2, -0.15) is 0 Å². The lowest BCUT2D eigenvalue weighted by Gasteiger charge is -2.11. The van der Waals surface area contributed by atoms with Gasteiger partial charge in [-0.25, -0.2) is 0 Å². The number of benzene rings is 1. The predicted octanol–water partition coefficient (Wildman–Crippen LogP) is 3.02. The van der Waals surface area contributed by atoms with E-state index in [2.05, 4.69) is 32.9 Å². The van der Waals surface area contributed by atoms with E-state index < -0.39 is 0 Å². The number of primary amides is 1. The van der Waals surface area contributed by atoms with Gasteiger partial charge in [-0.1, -0.05) is 6.07 Å². The molecule has 19 heavy (non-hydrogen) atoms. The molecule has 0 saturated carbocycles. The lowest BCUT2D eigenvalue weighted by atomic mass is 9.98. The van der Waals surface area contributed by atoms with Gasteiger partial charge >= 0.3 is 0 Å². The smallest absolute Gasteiger partial charge is 0.250 e. The maximum Gasteiger partial charge on any atom is 0.250 e. The van der Waals surface area contributed by atoms with Crippen LogP contribution in [0.5, 0.6) is 0 Å². The van der Waals surface area contributed by atoms with Crippen LogP contribution in [0.15, 0.2) is 18.2 Å². The molecule has 0 bridgehead atoms. The first-order chi connectivity index (χ1) is 8.82. The van der Waals surface area contributed by atoms with Crippen LogP contribution >= 0.6 is 0 Å². The molecule has 0 aliphatic heterocycles. The fourth-order valence-corrected chi connectivity index (χ4v) is 2.44. The van der Waals surface area contributed by atoms with Crippen molar-refractivity contribution < 1.29 is 4.79 Å². The molecule has 0 aliphatic carbocycles. The van der Waals surface area contributed by atoms with Gasteiger partial charge in [-0.05, 0) is 56.5 Å². The van der Waals surface area contributed by atoms with Crippen molar-refractivity contribution in [2.24, 2.45) is 12.8 Å². The van der Waals surface area contributed by atoms with Crippen LogP contribution in [0.1, 0.15) is 32.7 Å². The lowest BCUT2D eigenvalue weighted by molar-refractivity contribution is 0.0999. The van der Waals surface area contributed by atoms with E-state index in [0.29, 0.717) is 5.56 Å². The van der Waals surface area contributed by atoms with Crippen LogP contribution in [0.3, 0.4) is 0 Å². The van der Waals surface area contributed by atoms with Gasteiger partial charge < -0.3 is 10.3 Å². The Morgan fingerprint density at radius 3 is 2.11 bits per heavy atom. The minimum atomic E-state index is -0.374. The number of nitrogens with zero attached hydrogens (tertiary/aromatic N) is 1. The van der Waals surface area contributed by atoms with Crippen molar-refractivity contribution in [1.82, 2.24) is 4.57 Å². The van der Waals surface area contributed by atoms with E-state index in [0.717, 1.165) is 17.0 Å². The molecule has 0 atom stereocenters. The van der Waals surface area contributed by atoms with Gasteiger partial charge in [0.1, 0.15) is 0 Å². The maximum absolute atomic E-state index is 11.4. The predicted molar refractivity (Wildman–Crippen MR) is 78.3 cm³/mol. The number of hydrogen-bond donors (Lipinski definition) is 1. The molecule has 0 radical (unpaired) electrons. The molecular formula is C16H20N2O. The molecule has 1 aromatic carbocycles. The molecule has 3 nitrogen and oxygen atoms in total. The second-order valence-electron chi connectivity index (χ2n) is 5.20. The standard InChI is InChI=1S/C16H20N2O/c1-9-6-11(3)13(7-10(9)2)15-8-14(16(17)19)12(4)18(15)5/h6-8H,1-5H3,(H2,17,19). The Bertz CT molecular complexity index is 666. The summed E-state index contributed by atoms with van der Waals surface area (Å²) in [5, 5.41) is 0. The molecule has 2 aromatic rings. The normalized spacial score (nSPS) is 10.8. The highest BCUT2D eigenvalue weighted by atomic mass is 16.1. The molecule has 0 aliphatic rings. The van der Waals surface area contributed by atoms with Gasteiger partial charge in [0.25, 0.3) is 5.91 Å². The first kappa shape index (κ1) is 13.4. The van der Waals surface area contributed by atoms with Gasteiger partial charge in [-0.3, -0.25) is 4.79 Å². The van der Waals surface area contributed by atoms with Crippen molar-refractivity contribution in [2.45, 2.75) is 27.7 Å². The minimum Gasteiger partial charge on any atom is -0.366 e. The number of carbonyl (C=O) groups is 1. The largest absolute Gasteiger partial charge is 0.366 e. The third kappa shape index (κ3) is 2.16. The summed E-state index contributed by atoms with van der Waals surface area (Å²) >= 11 is 0. The van der Waals surface area contributed by atoms with E-state index in [1.54, 1.807) is 0 Å². The average molecular weight is 256 g/mol. The van der Waals surface area contributed by atoms with Gasteiger partial charge in [-0.15, -0.1) is 0 Å². The first-order valence-corrected chi connectivity index (χ1v) is 6.37. The highest BCUT2D eigenvalue weighted by Gasteiger charge is 2.16. The molecular weight excluding hydrogens is 236 g/mol. The SMILES string of the molecule is Cc1cc(C)c(-c2cc(C(N)=O)c(C)n2C)cc1C. The summed E-state index contributed by atoms with van der Waals surface area (Å²) in [5.41, 5.74) is 12.8. The van der Waals surface area contributed by atoms with E-state index >= 15 is 0 Å². The molecule has 2 N–H and O–H groups in total. The van der Waals surface area contributed by atoms with Crippen LogP contribution < -0.4 is 5.73 Å². The first-order valence-electron chi connectivity index (χ1n) is 6.37. The summed E-state index contributed by atoms with van der Waals surface area (Å²) in [6, 6.07) is 6.23. The Morgan fingerprint density at radius 2 is 1.58 bits per heavy atom. The van der Waals surface area contributed by atoms with Gasteiger partial charge in [0.15, 0.2) is 0 Å². The number of hydrogen-bond acceptors (Lipinski definition) is 1. The lowest BCUT2D eigenvalue weighted by Crippen LogP contribution is -2.11. The highest BCUT2D eigenvalue weighted by Crippen LogP contribution is 2.29. The topological polar surface area (TPSA) is 48.0 Å². The molecule has 0 fully saturated rings. The van der Waals surface area contributed by atoms with E-state index in [1.807, 2.05) is 24.6 Å². The third-order valence-electron chi connectivity index (χ3n) is 3.92. The Morgan fingerprint density at radius 1 is 1.00 bits per heavy atom. The van der Waals surface area contributed by atoms with E-state index in [9.17, 15) is 4.79 Å². The summed E-state index contributed by atoms with van der Waals surface area (Å²) in [4.78, 5) is 11.4. The number of rotatable bonds is 2. The van der Waals surface area contributed by atoms with Crippen molar-refractivity contribution in [2.75, 3.05) is 0 Å². The number of aryl methyl sites for hydroxylation is 3. The molecule has 2 rings (SSSR count). The van der Waals surface area contributed by atoms with Crippen molar-refractivity contribution in [1.29, 1.82) is 0 Å². The fourth-order valence-electron chi connectivity index (χ4n) is 2.44. The van der Waals surface area contributed by atoms with Crippen LogP contribution in [0.25, 0.3) is 11.3 Å². The summed E-state index contributed by atoms with van der Waals surface area (Å²) in [6.07, 6.45) is 0. The average Bonchev–Trinajstić information content (AvgIpc) is 2.62. The number of nitrogens with two attached hydrogens (primary N) is 1. The molecule has 1 amide bonds. The summed E-state index contributed by atoms with van der Waals surface area (Å²) in [5.74, 6) is -0.374. The Labute approximate surface area is 114 Å². The number of amides is 1. The number of aromatic nitrogens is 1. The molecule has 0 saturated heterocycles. The highest BCUT2D eigenvalue weighted by molar-refractivity contribution is 5.95. The number of carbonyl (C=O) groups excluding carboxylic acids is 1. The monoisotopic (exact) mass is 256 g/mol. The van der Waals surface area contributed by atoms with Crippen molar-refractivity contribution in [3.8, 4) is 11.3 Å². The van der Waals surface area contributed by atoms with Crippen LogP contribution in [0, 0.1) is 27.7 Å². The fraction of sp³-hybridized carbons (Fsp3) is 0.312. The Balaban J connectivity index is 2.69. The maximum atomic E-state index is 11.4. The van der Waals surface area contributed by atoms with Gasteiger partial charge in [0.2, 0.25) is 0 Å². The van der Waals surface area contributed by atoms with Crippen molar-refractivity contribution in [3.05, 3.63) is 46.1 Å². The third-order valence-corrected chi connectivity index (χ3v) is 3.92. The van der Waals surface area contributed by atoms with Gasteiger partial charge in [0, 0.05) is 24.0 Å². The van der Waals surface area contributed by atoms with E-state index in [4.69, 9.17) is 5.73 Å². The molecule has 1 aromatic heterocycles. The zero-order valence-corrected chi connectivity index (χ0v) is 12.2. The van der Waals surface area contributed by atoms with Gasteiger partial charge in [0.05, 0.1) is 5.56 Å². The summed E-state index contributed by atoms with van der Waals surface area (Å²) in [7, 11) is 1.96. The minimum absolute atomic E-state index is 0.374. The van der Waals surface area contributed by atoms with E-state index in [-0.39, 0.29) is 5.91 Å². The van der Waals surface area contributed by atoms with Crippen LogP contribution in [0.2, 0.25) is 0 Å². The summed E-state index contributed by atoms with van der Waals surface area (Å²) in [6.45, 7) is 8.22. The Kier molecular flexibility index (Phi) is 3.23. The molecule has 3 heteroatoms. The molecule has 1 heterocycles. The van der Waals surface area contributed by atoms with Crippen LogP contribution in [0.4, 0.5) is 0 Å². The Hall–Kier alpha value is -2.03. The quantitative estimate of drug-likeness (QED) is 0.882. The molecule has 0 unspecified atom stereocenters. The summed E-state index contributed by atoms with van der Waals surface area (Å²) < 4.78 is 2.02. The zero-order chi connectivity index (χ0) is 14.3. The molecule has 100 valence electrons. The molecule has 0 spiro atoms. The zero-order valence-electron chi connectivity index (χ0n) is 12.2. The van der Waals surface area contributed by atoms with E-state index in [1.165, 1.54) is 16.7 Å². The second-order valence-corrected chi connectivity index (χ2v) is 5.20. The van der Waals surface area contributed by atoms with Crippen LogP contribution in [-0.2, 0) is 7.05 Å². The van der Waals surface area contributed by atoms with Crippen molar-refractivity contribution >= 4 is 5.91 Å². The van der Waals surface area contributed by atoms with Crippen LogP contribution in [-0.4, -0.2) is 10.5 Å².